The van der Waals surface area contributed by atoms with Crippen molar-refractivity contribution in [2.45, 2.75) is 328 Å². The summed E-state index contributed by atoms with van der Waals surface area (Å²) in [6.07, 6.45) is 38.2. The standard InChI is InChI=1S/C42H68N5O9.C32H51N3O7.C10H17N2O4.C4H7O3.3Y/c1-3-4-5-6-7-8-9-10-11-12-13-14-15-26-38(49)46(53)27-20-19-24-35(44-39(50)36-31-55-40(45-36)33-22-16-17-25-37(33)48)42(52)56-30-32(2)29-43-34-23-18-21-28-47(54)41(34)51;1-2-3-4-5-6-7-8-9-10-11-12-13-14-22-29(37)35(41)23-18-17-20-26(32(39)40)33-30(38)27-24-42-31(34-27)25-19-15-16-21-28(25)36;1-7(6-13)9(14)11-8-4-2-3-5-12(16)10(8)15;1-3(2-5)4(6)7;;;/h16-17,22,25,30,32,34-36,43,48,53-54H,3-15,18-21,23-24,26-29,31H2,1-2H3,(H,44,50);15-16,19,21,26-27,36,41H,2-14,17-18,20,22-24H2,1H3,(H,33,38)(H,39,40);6-8,13,16H,2-5H2,1H3,(H,11,14);2-3,5H,1H3,(H,6,7);;;/q-1;;2*-1;;;/t32-,34?,35?,36?;;7-,8-;3-;;;/m1.00.../s1. The van der Waals surface area contributed by atoms with Crippen LogP contribution in [0.3, 0.4) is 0 Å². The molecule has 14 N–H and O–H groups in total. The molecule has 2 saturated heterocycles. The number of rotatable bonds is 56. The number of phenols is 2. The quantitative estimate of drug-likeness (QED) is 0.00961. The number of aromatic hydroxyl groups is 2. The zero-order chi connectivity index (χ0) is 89.1. The number of esters is 1. The summed E-state index contributed by atoms with van der Waals surface area (Å²) in [5, 5.41) is 108. The van der Waals surface area contributed by atoms with E-state index >= 15 is 0 Å². The van der Waals surface area contributed by atoms with Crippen LogP contribution in [-0.2, 0) is 160 Å². The van der Waals surface area contributed by atoms with Crippen molar-refractivity contribution in [2.75, 3.05) is 45.9 Å². The Morgan fingerprint density at radius 3 is 1.26 bits per heavy atom. The summed E-state index contributed by atoms with van der Waals surface area (Å²) in [5.41, 5.74) is 0.713. The smallest absolute Gasteiger partial charge is 0.326 e. The Morgan fingerprint density at radius 1 is 0.508 bits per heavy atom. The van der Waals surface area contributed by atoms with Crippen LogP contribution >= 0.6 is 0 Å². The third-order valence-corrected chi connectivity index (χ3v) is 21.2. The SMILES string of the molecule is CCCCCCCCCCCCCCCC(=O)N(O)CCCCC(NC(=O)C1COC(c2ccccc2O)=N1)C(=O)O.CCCCCCCCCCCCCCCC(=O)N(O)CCCCC(NC(=O)C1COC(c2ccccc2O)=N1)C(=O)O[CH-][C@H](C)CNC1CCCCN(O)C1=O.C[C@@H]([CH-]O)C(=O)N[C@H]1CCCCN(O)C1=O.C[C@@H]([CH-]O)C(=O)O.[Y].[Y].[Y]. The number of phenolic OH excluding ortho intramolecular Hbond substituents is 2. The summed E-state index contributed by atoms with van der Waals surface area (Å²) in [6.45, 7) is 13.0. The van der Waals surface area contributed by atoms with Gasteiger partial charge in [0.2, 0.25) is 35.4 Å². The first-order chi connectivity index (χ1) is 58.2. The monoisotopic (exact) mass is 1970 g/mol. The van der Waals surface area contributed by atoms with Gasteiger partial charge in [0.15, 0.2) is 18.0 Å². The molecule has 0 saturated carbocycles. The topological polar surface area (TPSA) is 486 Å². The number of unbranched alkanes of at least 4 members (excludes halogenated alkanes) is 26. The molecule has 7 amide bonds. The molecule has 4 aliphatic heterocycles. The Bertz CT molecular complexity index is 3410. The van der Waals surface area contributed by atoms with E-state index in [9.17, 15) is 84.1 Å². The van der Waals surface area contributed by atoms with Crippen molar-refractivity contribution in [3.05, 3.63) is 79.5 Å². The maximum atomic E-state index is 13.3. The Balaban J connectivity index is 0.00000194. The van der Waals surface area contributed by atoms with Crippen LogP contribution in [0.2, 0.25) is 0 Å². The number of carboxylic acid groups (broad SMARTS) is 2. The van der Waals surface area contributed by atoms with Crippen molar-refractivity contribution in [3.8, 4) is 11.5 Å². The first-order valence-corrected chi connectivity index (χ1v) is 44.2. The average molecular weight is 1980 g/mol. The minimum atomic E-state index is -1.17. The van der Waals surface area contributed by atoms with E-state index < -0.39 is 89.6 Å². The Labute approximate surface area is 809 Å². The maximum Gasteiger partial charge on any atom is 0.326 e. The van der Waals surface area contributed by atoms with Gasteiger partial charge in [-0.1, -0.05) is 219 Å². The third kappa shape index (κ3) is 51.2. The number of aliphatic carboxylic acids is 2. The molecule has 3 radical (unpaired) electrons. The van der Waals surface area contributed by atoms with Gasteiger partial charge in [-0.15, -0.1) is 5.92 Å². The second-order valence-corrected chi connectivity index (χ2v) is 31.7. The number of nitrogens with zero attached hydrogens (tertiary/aromatic N) is 6. The molecule has 0 bridgehead atoms. The maximum absolute atomic E-state index is 13.3. The predicted octanol–water partition coefficient (Wildman–Crippen LogP) is 12.8. The number of aliphatic hydroxyl groups excluding tert-OH is 2. The molecule has 2 aromatic rings. The van der Waals surface area contributed by atoms with E-state index in [0.717, 1.165) is 79.6 Å². The van der Waals surface area contributed by atoms with Gasteiger partial charge in [0.05, 0.1) is 17.2 Å². The van der Waals surface area contributed by atoms with Crippen molar-refractivity contribution in [3.63, 3.8) is 0 Å². The summed E-state index contributed by atoms with van der Waals surface area (Å²) in [7, 11) is 0. The van der Waals surface area contributed by atoms with E-state index in [-0.39, 0.29) is 191 Å². The van der Waals surface area contributed by atoms with Crippen molar-refractivity contribution < 1.29 is 212 Å². The van der Waals surface area contributed by atoms with Gasteiger partial charge >= 0.3 is 5.97 Å². The van der Waals surface area contributed by atoms with Gasteiger partial charge in [-0.05, 0) is 127 Å². The molecule has 4 heterocycles. The summed E-state index contributed by atoms with van der Waals surface area (Å²) in [4.78, 5) is 129. The first kappa shape index (κ1) is 119. The van der Waals surface area contributed by atoms with Gasteiger partial charge in [-0.3, -0.25) is 64.0 Å². The largest absolute Gasteiger partial charge is 0.635 e. The van der Waals surface area contributed by atoms with Crippen molar-refractivity contribution in [1.29, 1.82) is 0 Å². The molecule has 124 heavy (non-hydrogen) atoms. The number of aliphatic imine (C=N–C) groups is 2. The van der Waals surface area contributed by atoms with Crippen LogP contribution in [0.5, 0.6) is 11.5 Å². The van der Waals surface area contributed by atoms with Crippen LogP contribution in [0.15, 0.2) is 58.5 Å². The van der Waals surface area contributed by atoms with Crippen LogP contribution < -0.4 is 21.3 Å². The number of benzene rings is 2. The molecule has 5 unspecified atom stereocenters. The van der Waals surface area contributed by atoms with E-state index in [4.69, 9.17) is 29.5 Å². The predicted molar refractivity (Wildman–Crippen MR) is 452 cm³/mol. The molecule has 33 nitrogen and oxygen atoms in total. The molecule has 6 rings (SSSR count). The molecule has 695 valence electrons. The van der Waals surface area contributed by atoms with E-state index in [2.05, 4.69) is 45.1 Å². The molecule has 0 aromatic heterocycles. The summed E-state index contributed by atoms with van der Waals surface area (Å²) >= 11 is 0. The number of carboxylic acids is 2. The second kappa shape index (κ2) is 72.5. The van der Waals surface area contributed by atoms with Gasteiger partial charge in [-0.25, -0.2) is 48.2 Å². The average Bonchev–Trinajstić information content (AvgIpc) is 1.69. The van der Waals surface area contributed by atoms with E-state index in [1.807, 2.05) is 6.92 Å². The van der Waals surface area contributed by atoms with Gasteiger partial charge in [-0.2, -0.15) is 6.61 Å². The second-order valence-electron chi connectivity index (χ2n) is 31.7. The Hall–Kier alpha value is -5.29. The van der Waals surface area contributed by atoms with Gasteiger partial charge in [0.25, 0.3) is 23.8 Å². The molecule has 2 aromatic carbocycles. The van der Waals surface area contributed by atoms with E-state index in [1.54, 1.807) is 36.4 Å². The summed E-state index contributed by atoms with van der Waals surface area (Å²) in [5.74, 6) is -7.47. The molecule has 4 aliphatic rings. The third-order valence-electron chi connectivity index (χ3n) is 21.2. The molecule has 0 spiro atoms. The fourth-order valence-electron chi connectivity index (χ4n) is 13.4. The van der Waals surface area contributed by atoms with Crippen LogP contribution in [0, 0.1) is 37.6 Å². The minimum Gasteiger partial charge on any atom is -0.635 e. The number of hydrogen-bond acceptors (Lipinski definition) is 24. The van der Waals surface area contributed by atoms with E-state index in [1.165, 1.54) is 161 Å². The van der Waals surface area contributed by atoms with Gasteiger partial charge in [0, 0.05) is 137 Å². The van der Waals surface area contributed by atoms with Crippen LogP contribution in [0.4, 0.5) is 0 Å². The number of nitrogens with one attached hydrogen (secondary N) is 4. The Kier molecular flexibility index (Phi) is 69.4. The Morgan fingerprint density at radius 2 is 0.879 bits per heavy atom. The van der Waals surface area contributed by atoms with Crippen LogP contribution in [-0.4, -0.2) is 225 Å². The molecule has 0 aliphatic carbocycles. The van der Waals surface area contributed by atoms with Gasteiger partial charge < -0.3 is 66.1 Å². The molecule has 36 heteroatoms. The molecular weight excluding hydrogens is 1830 g/mol. The number of aliphatic hydroxyl groups is 2. The van der Waals surface area contributed by atoms with Crippen molar-refractivity contribution in [1.82, 2.24) is 41.5 Å². The number of hydrogen-bond donors (Lipinski definition) is 14. The number of carbonyl (C=O) groups excluding carboxylic acids is 8. The fraction of sp³-hybridized carbons (Fsp3) is 0.693. The van der Waals surface area contributed by atoms with Crippen LogP contribution in [0.25, 0.3) is 0 Å². The van der Waals surface area contributed by atoms with Gasteiger partial charge in [0.1, 0.15) is 42.8 Å². The summed E-state index contributed by atoms with van der Waals surface area (Å²) in [6, 6.07) is 7.66. The zero-order valence-electron chi connectivity index (χ0n) is 74.0. The first-order valence-electron chi connectivity index (χ1n) is 44.2. The number of carbonyl (C=O) groups is 10. The number of para-hydroxylation sites is 2. The normalized spacial score (nSPS) is 17.1. The molecule has 9 atom stereocenters. The number of amides is 7. The summed E-state index contributed by atoms with van der Waals surface area (Å²) < 4.78 is 16.5. The van der Waals surface area contributed by atoms with E-state index in [0.29, 0.717) is 93.8 Å². The zero-order valence-corrected chi connectivity index (χ0v) is 82.5. The molecular formula is C88H143N10O23Y3-3. The minimum absolute atomic E-state index is 0. The van der Waals surface area contributed by atoms with Crippen molar-refractivity contribution in [2.24, 2.45) is 27.7 Å². The molecule has 2 fully saturated rings. The number of ether oxygens (including phenoxy) is 3. The van der Waals surface area contributed by atoms with Crippen molar-refractivity contribution >= 4 is 71.1 Å². The fourth-order valence-corrected chi connectivity index (χ4v) is 13.4. The number of hydroxylamine groups is 8. The van der Waals surface area contributed by atoms with Crippen LogP contribution in [0.1, 0.15) is 303 Å².